The first kappa shape index (κ1) is 13.3. The van der Waals surface area contributed by atoms with E-state index in [1.807, 2.05) is 19.1 Å². The smallest absolute Gasteiger partial charge is 0.259 e. The molecule has 0 unspecified atom stereocenters. The van der Waals surface area contributed by atoms with Gasteiger partial charge in [-0.25, -0.2) is 9.97 Å². The molecular formula is C15H10N4OS2. The molecule has 3 aromatic heterocycles. The maximum Gasteiger partial charge on any atom is 0.259 e. The SMILES string of the molecule is Cc1nc2ccc3nc(NC(=O)c4cccnc4)sc3c2s1. The standard InChI is InChI=1S/C15H10N4OS2/c1-8-17-10-4-5-11-13(12(10)21-8)22-15(18-11)19-14(20)9-3-2-6-16-7-9/h2-7H,1H3,(H,18,19,20). The lowest BCUT2D eigenvalue weighted by atomic mass is 10.3. The molecule has 1 amide bonds. The third-order valence-corrected chi connectivity index (χ3v) is 5.30. The number of nitrogens with one attached hydrogen (secondary N) is 1. The van der Waals surface area contributed by atoms with Crippen molar-refractivity contribution in [1.82, 2.24) is 15.0 Å². The van der Waals surface area contributed by atoms with Crippen LogP contribution in [0.4, 0.5) is 5.13 Å². The molecular weight excluding hydrogens is 316 g/mol. The molecule has 0 bridgehead atoms. The molecule has 0 radical (unpaired) electrons. The number of rotatable bonds is 2. The highest BCUT2D eigenvalue weighted by molar-refractivity contribution is 7.28. The van der Waals surface area contributed by atoms with E-state index in [-0.39, 0.29) is 5.91 Å². The van der Waals surface area contributed by atoms with Crippen LogP contribution < -0.4 is 5.32 Å². The van der Waals surface area contributed by atoms with E-state index in [0.29, 0.717) is 10.7 Å². The number of hydrogen-bond donors (Lipinski definition) is 1. The van der Waals surface area contributed by atoms with Gasteiger partial charge in [-0.1, -0.05) is 11.3 Å². The van der Waals surface area contributed by atoms with Gasteiger partial charge in [0, 0.05) is 12.4 Å². The van der Waals surface area contributed by atoms with Crippen LogP contribution >= 0.6 is 22.7 Å². The minimum Gasteiger partial charge on any atom is -0.298 e. The van der Waals surface area contributed by atoms with Crippen LogP contribution in [0.5, 0.6) is 0 Å². The normalized spacial score (nSPS) is 11.1. The van der Waals surface area contributed by atoms with Crippen molar-refractivity contribution in [1.29, 1.82) is 0 Å². The van der Waals surface area contributed by atoms with Crippen LogP contribution in [-0.4, -0.2) is 20.9 Å². The van der Waals surface area contributed by atoms with Gasteiger partial charge in [-0.15, -0.1) is 11.3 Å². The van der Waals surface area contributed by atoms with Gasteiger partial charge in [-0.05, 0) is 31.2 Å². The van der Waals surface area contributed by atoms with Gasteiger partial charge in [0.25, 0.3) is 5.91 Å². The average Bonchev–Trinajstić information content (AvgIpc) is 3.09. The second kappa shape index (κ2) is 5.11. The van der Waals surface area contributed by atoms with E-state index >= 15 is 0 Å². The molecule has 108 valence electrons. The van der Waals surface area contributed by atoms with Crippen molar-refractivity contribution in [2.75, 3.05) is 5.32 Å². The molecule has 0 saturated heterocycles. The fraction of sp³-hybridized carbons (Fsp3) is 0.0667. The lowest BCUT2D eigenvalue weighted by molar-refractivity contribution is 0.102. The molecule has 1 N–H and O–H groups in total. The Morgan fingerprint density at radius 2 is 1.86 bits per heavy atom. The molecule has 0 spiro atoms. The summed E-state index contributed by atoms with van der Waals surface area (Å²) in [4.78, 5) is 25.1. The predicted molar refractivity (Wildman–Crippen MR) is 89.7 cm³/mol. The molecule has 0 aliphatic carbocycles. The summed E-state index contributed by atoms with van der Waals surface area (Å²) >= 11 is 3.12. The van der Waals surface area contributed by atoms with E-state index in [9.17, 15) is 4.79 Å². The molecule has 4 aromatic rings. The summed E-state index contributed by atoms with van der Waals surface area (Å²) in [6, 6.07) is 7.36. The molecule has 5 nitrogen and oxygen atoms in total. The molecule has 0 atom stereocenters. The van der Waals surface area contributed by atoms with Crippen molar-refractivity contribution < 1.29 is 4.79 Å². The molecule has 0 saturated carbocycles. The van der Waals surface area contributed by atoms with Gasteiger partial charge in [0.15, 0.2) is 5.13 Å². The Morgan fingerprint density at radius 1 is 1.09 bits per heavy atom. The summed E-state index contributed by atoms with van der Waals surface area (Å²) in [5, 5.41) is 4.44. The summed E-state index contributed by atoms with van der Waals surface area (Å²) in [5.41, 5.74) is 2.37. The monoisotopic (exact) mass is 326 g/mol. The van der Waals surface area contributed by atoms with Crippen LogP contribution in [0.1, 0.15) is 15.4 Å². The average molecular weight is 326 g/mol. The maximum atomic E-state index is 12.2. The zero-order valence-electron chi connectivity index (χ0n) is 11.5. The lowest BCUT2D eigenvalue weighted by Gasteiger charge is -1.99. The molecule has 4 rings (SSSR count). The van der Waals surface area contributed by atoms with Crippen LogP contribution in [0.15, 0.2) is 36.7 Å². The number of pyridine rings is 1. The Balaban J connectivity index is 1.73. The number of benzene rings is 1. The first-order valence-corrected chi connectivity index (χ1v) is 8.22. The summed E-state index contributed by atoms with van der Waals surface area (Å²) in [6.07, 6.45) is 3.17. The van der Waals surface area contributed by atoms with Gasteiger partial charge < -0.3 is 0 Å². The predicted octanol–water partition coefficient (Wildman–Crippen LogP) is 3.86. The van der Waals surface area contributed by atoms with Gasteiger partial charge in [0.1, 0.15) is 0 Å². The van der Waals surface area contributed by atoms with Gasteiger partial charge in [-0.3, -0.25) is 15.1 Å². The van der Waals surface area contributed by atoms with Crippen molar-refractivity contribution >= 4 is 54.1 Å². The van der Waals surface area contributed by atoms with Crippen LogP contribution in [0.2, 0.25) is 0 Å². The molecule has 22 heavy (non-hydrogen) atoms. The highest BCUT2D eigenvalue weighted by Gasteiger charge is 2.13. The third kappa shape index (κ3) is 2.24. The molecule has 0 fully saturated rings. The Hall–Kier alpha value is -2.38. The number of carbonyl (C=O) groups excluding carboxylic acids is 1. The number of carbonyl (C=O) groups is 1. The number of hydrogen-bond acceptors (Lipinski definition) is 6. The Kier molecular flexibility index (Phi) is 3.09. The third-order valence-electron chi connectivity index (χ3n) is 3.16. The van der Waals surface area contributed by atoms with Crippen molar-refractivity contribution in [3.63, 3.8) is 0 Å². The Bertz CT molecular complexity index is 991. The first-order valence-electron chi connectivity index (χ1n) is 6.59. The summed E-state index contributed by atoms with van der Waals surface area (Å²) in [5.74, 6) is -0.205. The van der Waals surface area contributed by atoms with Gasteiger partial charge >= 0.3 is 0 Å². The van der Waals surface area contributed by atoms with Crippen LogP contribution in [0.25, 0.3) is 20.4 Å². The summed E-state index contributed by atoms with van der Waals surface area (Å²) in [6.45, 7) is 1.99. The van der Waals surface area contributed by atoms with E-state index in [2.05, 4.69) is 20.3 Å². The van der Waals surface area contributed by atoms with Crippen molar-refractivity contribution in [2.45, 2.75) is 6.92 Å². The topological polar surface area (TPSA) is 67.8 Å². The van der Waals surface area contributed by atoms with Gasteiger partial charge in [-0.2, -0.15) is 0 Å². The number of amides is 1. The van der Waals surface area contributed by atoms with E-state index in [1.54, 1.807) is 29.7 Å². The number of aromatic nitrogens is 3. The minimum atomic E-state index is -0.205. The molecule has 3 heterocycles. The lowest BCUT2D eigenvalue weighted by Crippen LogP contribution is -2.11. The van der Waals surface area contributed by atoms with E-state index in [1.165, 1.54) is 17.5 Å². The van der Waals surface area contributed by atoms with Crippen molar-refractivity contribution in [3.05, 3.63) is 47.2 Å². The minimum absolute atomic E-state index is 0.205. The summed E-state index contributed by atoms with van der Waals surface area (Å²) in [7, 11) is 0. The van der Waals surface area contributed by atoms with Crippen LogP contribution in [-0.2, 0) is 0 Å². The summed E-state index contributed by atoms with van der Waals surface area (Å²) < 4.78 is 2.18. The largest absolute Gasteiger partial charge is 0.298 e. The molecule has 7 heteroatoms. The zero-order chi connectivity index (χ0) is 15.1. The molecule has 0 aliphatic rings. The Morgan fingerprint density at radius 3 is 2.64 bits per heavy atom. The maximum absolute atomic E-state index is 12.2. The first-order chi connectivity index (χ1) is 10.7. The van der Waals surface area contributed by atoms with E-state index in [4.69, 9.17) is 0 Å². The number of nitrogens with zero attached hydrogens (tertiary/aromatic N) is 3. The zero-order valence-corrected chi connectivity index (χ0v) is 13.2. The second-order valence-corrected chi connectivity index (χ2v) is 6.91. The number of fused-ring (bicyclic) bond motifs is 3. The van der Waals surface area contributed by atoms with Crippen molar-refractivity contribution in [3.8, 4) is 0 Å². The second-order valence-electron chi connectivity index (χ2n) is 4.71. The van der Waals surface area contributed by atoms with Crippen molar-refractivity contribution in [2.24, 2.45) is 0 Å². The number of anilines is 1. The van der Waals surface area contributed by atoms with Crippen LogP contribution in [0.3, 0.4) is 0 Å². The quantitative estimate of drug-likeness (QED) is 0.607. The van der Waals surface area contributed by atoms with Gasteiger partial charge in [0.2, 0.25) is 0 Å². The van der Waals surface area contributed by atoms with Gasteiger partial charge in [0.05, 0.1) is 31.0 Å². The fourth-order valence-electron chi connectivity index (χ4n) is 2.20. The molecule has 1 aromatic carbocycles. The number of aryl methyl sites for hydroxylation is 1. The highest BCUT2D eigenvalue weighted by Crippen LogP contribution is 2.35. The number of thiazole rings is 2. The van der Waals surface area contributed by atoms with E-state index in [0.717, 1.165) is 25.4 Å². The van der Waals surface area contributed by atoms with Crippen LogP contribution in [0, 0.1) is 6.92 Å². The highest BCUT2D eigenvalue weighted by atomic mass is 32.1. The molecule has 0 aliphatic heterocycles. The van der Waals surface area contributed by atoms with E-state index < -0.39 is 0 Å². The fourth-order valence-corrected chi connectivity index (χ4v) is 4.21. The Labute approximate surface area is 133 Å².